The van der Waals surface area contributed by atoms with Crippen LogP contribution in [0.4, 0.5) is 4.79 Å². The molecule has 0 aliphatic heterocycles. The van der Waals surface area contributed by atoms with Gasteiger partial charge in [-0.15, -0.1) is 0 Å². The van der Waals surface area contributed by atoms with Gasteiger partial charge in [-0.2, -0.15) is 0 Å². The molecular formula is C27H37N3O3S. The van der Waals surface area contributed by atoms with Gasteiger partial charge in [0.05, 0.1) is 6.04 Å². The van der Waals surface area contributed by atoms with Crippen molar-refractivity contribution in [1.82, 2.24) is 15.1 Å². The fourth-order valence-corrected chi connectivity index (χ4v) is 4.39. The number of benzene rings is 2. The average Bonchev–Trinajstić information content (AvgIpc) is 2.81. The fraction of sp³-hybridized carbons (Fsp3) is 0.444. The van der Waals surface area contributed by atoms with Crippen LogP contribution in [0, 0.1) is 5.92 Å². The topological polar surface area (TPSA) is 69.7 Å². The first-order chi connectivity index (χ1) is 16.2. The summed E-state index contributed by atoms with van der Waals surface area (Å²) in [6.45, 7) is 6.30. The van der Waals surface area contributed by atoms with E-state index >= 15 is 0 Å². The van der Waals surface area contributed by atoms with Crippen LogP contribution >= 0.6 is 11.8 Å². The summed E-state index contributed by atoms with van der Waals surface area (Å²) in [4.78, 5) is 41.7. The minimum Gasteiger partial charge on any atom is -0.347 e. The Morgan fingerprint density at radius 1 is 0.941 bits per heavy atom. The molecule has 2 aromatic rings. The quantitative estimate of drug-likeness (QED) is 0.500. The van der Waals surface area contributed by atoms with Crippen molar-refractivity contribution in [3.05, 3.63) is 71.8 Å². The van der Waals surface area contributed by atoms with Gasteiger partial charge in [-0.05, 0) is 23.5 Å². The van der Waals surface area contributed by atoms with Crippen molar-refractivity contribution < 1.29 is 14.4 Å². The number of carbonyl (C=O) groups excluding carboxylic acids is 3. The molecule has 0 aliphatic carbocycles. The Bertz CT molecular complexity index is 919. The van der Waals surface area contributed by atoms with Gasteiger partial charge in [0.2, 0.25) is 5.91 Å². The van der Waals surface area contributed by atoms with Gasteiger partial charge in [-0.25, -0.2) is 4.79 Å². The number of thioether (sulfide) groups is 1. The largest absolute Gasteiger partial charge is 0.347 e. The molecule has 0 radical (unpaired) electrons. The minimum absolute atomic E-state index is 0.00916. The second kappa shape index (κ2) is 13.8. The van der Waals surface area contributed by atoms with Crippen molar-refractivity contribution in [2.45, 2.75) is 45.7 Å². The molecule has 0 heterocycles. The Morgan fingerprint density at radius 2 is 1.53 bits per heavy atom. The summed E-state index contributed by atoms with van der Waals surface area (Å²) in [5.74, 6) is 0.696. The number of nitrogens with one attached hydrogen (secondary N) is 1. The van der Waals surface area contributed by atoms with Gasteiger partial charge >= 0.3 is 6.03 Å². The highest BCUT2D eigenvalue weighted by Crippen LogP contribution is 2.27. The molecule has 2 aromatic carbocycles. The lowest BCUT2D eigenvalue weighted by atomic mass is 10.0. The standard InChI is InChI=1S/C27H37N3O3S/c1-20(2)16-17-30(25(19-34-21(3)31)23-14-10-7-11-15-23)27(33)28-24(26(32)29(4)5)18-22-12-8-6-9-13-22/h6-15,20,24-25H,16-19H2,1-5H3,(H,28,33)/t24-,25+/m0/s1. The van der Waals surface area contributed by atoms with Crippen LogP contribution in [0.3, 0.4) is 0 Å². The van der Waals surface area contributed by atoms with Gasteiger partial charge in [0.1, 0.15) is 6.04 Å². The maximum Gasteiger partial charge on any atom is 0.318 e. The van der Waals surface area contributed by atoms with E-state index in [1.807, 2.05) is 60.7 Å². The maximum atomic E-state index is 13.7. The number of urea groups is 1. The molecule has 2 atom stereocenters. The molecule has 3 amide bonds. The Balaban J connectivity index is 2.35. The number of nitrogens with zero attached hydrogens (tertiary/aromatic N) is 2. The van der Waals surface area contributed by atoms with Crippen molar-refractivity contribution in [1.29, 1.82) is 0 Å². The Kier molecular flexibility index (Phi) is 11.1. The van der Waals surface area contributed by atoms with Gasteiger partial charge in [0.25, 0.3) is 0 Å². The van der Waals surface area contributed by atoms with Gasteiger partial charge in [0, 0.05) is 39.7 Å². The van der Waals surface area contributed by atoms with E-state index in [2.05, 4.69) is 19.2 Å². The molecule has 0 bridgehead atoms. The van der Waals surface area contributed by atoms with Gasteiger partial charge in [-0.3, -0.25) is 9.59 Å². The molecule has 0 unspecified atom stereocenters. The highest BCUT2D eigenvalue weighted by atomic mass is 32.2. The van der Waals surface area contributed by atoms with E-state index in [0.717, 1.165) is 17.5 Å². The molecule has 0 saturated heterocycles. The lowest BCUT2D eigenvalue weighted by molar-refractivity contribution is -0.130. The third-order valence-electron chi connectivity index (χ3n) is 5.53. The van der Waals surface area contributed by atoms with Gasteiger partial charge < -0.3 is 15.1 Å². The molecule has 1 N–H and O–H groups in total. The molecule has 2 rings (SSSR count). The predicted molar refractivity (Wildman–Crippen MR) is 140 cm³/mol. The van der Waals surface area contributed by atoms with Crippen LogP contribution in [-0.4, -0.2) is 59.3 Å². The summed E-state index contributed by atoms with van der Waals surface area (Å²) >= 11 is 1.21. The second-order valence-electron chi connectivity index (χ2n) is 9.03. The zero-order chi connectivity index (χ0) is 25.1. The van der Waals surface area contributed by atoms with E-state index in [1.165, 1.54) is 23.6 Å². The summed E-state index contributed by atoms with van der Waals surface area (Å²) in [5, 5.41) is 3.02. The molecule has 184 valence electrons. The van der Waals surface area contributed by atoms with Gasteiger partial charge in [0.15, 0.2) is 5.12 Å². The van der Waals surface area contributed by atoms with Crippen molar-refractivity contribution in [2.75, 3.05) is 26.4 Å². The molecule has 34 heavy (non-hydrogen) atoms. The SMILES string of the molecule is CC(=O)SC[C@H](c1ccccc1)N(CCC(C)C)C(=O)N[C@@H](Cc1ccccc1)C(=O)N(C)C. The highest BCUT2D eigenvalue weighted by Gasteiger charge is 2.30. The van der Waals surface area contributed by atoms with E-state index in [-0.39, 0.29) is 23.1 Å². The Hall–Kier alpha value is -2.80. The molecule has 0 saturated carbocycles. The van der Waals surface area contributed by atoms with Crippen molar-refractivity contribution in [2.24, 2.45) is 5.92 Å². The summed E-state index contributed by atoms with van der Waals surface area (Å²) in [5.41, 5.74) is 1.94. The molecule has 0 fully saturated rings. The smallest absolute Gasteiger partial charge is 0.318 e. The summed E-state index contributed by atoms with van der Waals surface area (Å²) in [6.07, 6.45) is 1.21. The summed E-state index contributed by atoms with van der Waals surface area (Å²) in [6, 6.07) is 18.2. The first-order valence-corrected chi connectivity index (χ1v) is 12.7. The maximum absolute atomic E-state index is 13.7. The first kappa shape index (κ1) is 27.4. The van der Waals surface area contributed by atoms with Crippen LogP contribution in [0.25, 0.3) is 0 Å². The van der Waals surface area contributed by atoms with Crippen LogP contribution in [-0.2, 0) is 16.0 Å². The van der Waals surface area contributed by atoms with E-state index in [1.54, 1.807) is 19.0 Å². The molecule has 0 spiro atoms. The monoisotopic (exact) mass is 483 g/mol. The zero-order valence-electron chi connectivity index (χ0n) is 20.9. The molecular weight excluding hydrogens is 446 g/mol. The Morgan fingerprint density at radius 3 is 2.06 bits per heavy atom. The minimum atomic E-state index is -0.691. The number of rotatable bonds is 11. The van der Waals surface area contributed by atoms with Crippen molar-refractivity contribution >= 4 is 28.8 Å². The highest BCUT2D eigenvalue weighted by molar-refractivity contribution is 8.13. The zero-order valence-corrected chi connectivity index (χ0v) is 21.7. The Labute approximate surface area is 208 Å². The van der Waals surface area contributed by atoms with Crippen LogP contribution in [0.5, 0.6) is 0 Å². The third-order valence-corrected chi connectivity index (χ3v) is 6.42. The van der Waals surface area contributed by atoms with Crippen LogP contribution in [0.1, 0.15) is 44.4 Å². The van der Waals surface area contributed by atoms with E-state index in [9.17, 15) is 14.4 Å². The lowest BCUT2D eigenvalue weighted by Gasteiger charge is -2.34. The van der Waals surface area contributed by atoms with Crippen molar-refractivity contribution in [3.63, 3.8) is 0 Å². The van der Waals surface area contributed by atoms with Crippen LogP contribution in [0.2, 0.25) is 0 Å². The van der Waals surface area contributed by atoms with E-state index < -0.39 is 6.04 Å². The molecule has 0 aliphatic rings. The average molecular weight is 484 g/mol. The first-order valence-electron chi connectivity index (χ1n) is 11.7. The summed E-state index contributed by atoms with van der Waals surface area (Å²) < 4.78 is 0. The normalized spacial score (nSPS) is 12.6. The molecule has 7 heteroatoms. The van der Waals surface area contributed by atoms with Crippen LogP contribution < -0.4 is 5.32 Å². The number of carbonyl (C=O) groups is 3. The van der Waals surface area contributed by atoms with Crippen LogP contribution in [0.15, 0.2) is 60.7 Å². The summed E-state index contributed by atoms with van der Waals surface area (Å²) in [7, 11) is 3.39. The number of likely N-dealkylation sites (N-methyl/N-ethyl adjacent to an activating group) is 1. The third kappa shape index (κ3) is 8.86. The number of hydrogen-bond acceptors (Lipinski definition) is 4. The number of amides is 3. The van der Waals surface area contributed by atoms with Crippen molar-refractivity contribution in [3.8, 4) is 0 Å². The fourth-order valence-electron chi connectivity index (χ4n) is 3.63. The second-order valence-corrected chi connectivity index (χ2v) is 10.2. The van der Waals surface area contributed by atoms with E-state index in [0.29, 0.717) is 24.6 Å². The predicted octanol–water partition coefficient (Wildman–Crippen LogP) is 4.76. The molecule has 0 aromatic heterocycles. The molecule has 6 nitrogen and oxygen atoms in total. The number of hydrogen-bond donors (Lipinski definition) is 1. The van der Waals surface area contributed by atoms with E-state index in [4.69, 9.17) is 0 Å². The van der Waals surface area contributed by atoms with Gasteiger partial charge in [-0.1, -0.05) is 86.3 Å². The lowest BCUT2D eigenvalue weighted by Crippen LogP contribution is -2.53.